The first-order chi connectivity index (χ1) is 5.24. The van der Waals surface area contributed by atoms with Crippen LogP contribution in [0.3, 0.4) is 0 Å². The van der Waals surface area contributed by atoms with E-state index in [0.717, 1.165) is 0 Å². The fraction of sp³-hybridized carbons (Fsp3) is 1.00. The van der Waals surface area contributed by atoms with Crippen molar-refractivity contribution in [3.8, 4) is 0 Å². The molecule has 0 aromatic rings. The molecule has 76 valence electrons. The molecule has 4 nitrogen and oxygen atoms in total. The van der Waals surface area contributed by atoms with Crippen molar-refractivity contribution in [3.05, 3.63) is 0 Å². The van der Waals surface area contributed by atoms with Crippen LogP contribution < -0.4 is 15.3 Å². The summed E-state index contributed by atoms with van der Waals surface area (Å²) in [6.07, 6.45) is 0. The number of hydrogen-bond acceptors (Lipinski definition) is 4. The molecule has 0 aliphatic carbocycles. The van der Waals surface area contributed by atoms with Gasteiger partial charge in [0.2, 0.25) is 0 Å². The Labute approximate surface area is 92.7 Å². The molecule has 0 atom stereocenters. The first-order valence-corrected chi connectivity index (χ1v) is 3.52. The van der Waals surface area contributed by atoms with Crippen LogP contribution in [0.15, 0.2) is 0 Å². The second kappa shape index (κ2) is 97.7. The number of hydrogen-bond donors (Lipinski definition) is 0. The van der Waals surface area contributed by atoms with Gasteiger partial charge in [-0.2, -0.15) is 0 Å². The zero-order valence-corrected chi connectivity index (χ0v) is 9.79. The monoisotopic (exact) mass is 236 g/mol. The van der Waals surface area contributed by atoms with E-state index in [1.807, 2.05) is 0 Å². The molecule has 0 spiro atoms. The Hall–Kier alpha value is 0.706. The SMILES string of the molecule is CC[O-].CC[O-].CC[O-].[Al+3].[O]=[Ni]. The molecule has 0 aromatic heterocycles. The van der Waals surface area contributed by atoms with Gasteiger partial charge in [-0.05, 0) is 0 Å². The van der Waals surface area contributed by atoms with Crippen LogP contribution in [0.25, 0.3) is 0 Å². The molecule has 6 heteroatoms. The van der Waals surface area contributed by atoms with Gasteiger partial charge in [-0.15, -0.1) is 19.8 Å². The van der Waals surface area contributed by atoms with Crippen LogP contribution in [0.4, 0.5) is 0 Å². The first kappa shape index (κ1) is 29.3. The maximum absolute atomic E-state index is 8.93. The molecular weight excluding hydrogens is 222 g/mol. The maximum atomic E-state index is 8.93. The summed E-state index contributed by atoms with van der Waals surface area (Å²) in [6, 6.07) is 0. The fourth-order valence-corrected chi connectivity index (χ4v) is 0. The molecule has 0 unspecified atom stereocenters. The van der Waals surface area contributed by atoms with Crippen molar-refractivity contribution in [2.75, 3.05) is 19.8 Å². The van der Waals surface area contributed by atoms with Gasteiger partial charge in [0.05, 0.1) is 0 Å². The Balaban J connectivity index is -0.0000000179. The molecule has 0 saturated carbocycles. The molecule has 0 heterocycles. The molecule has 0 aliphatic heterocycles. The molecule has 0 rings (SSSR count). The van der Waals surface area contributed by atoms with E-state index in [9.17, 15) is 0 Å². The van der Waals surface area contributed by atoms with E-state index in [0.29, 0.717) is 0 Å². The average molecular weight is 237 g/mol. The minimum atomic E-state index is 0. The Morgan fingerprint density at radius 3 is 0.833 bits per heavy atom. The molecule has 0 N–H and O–H groups in total. The van der Waals surface area contributed by atoms with Crippen molar-refractivity contribution in [2.45, 2.75) is 20.8 Å². The van der Waals surface area contributed by atoms with Crippen LogP contribution in [0.2, 0.25) is 0 Å². The van der Waals surface area contributed by atoms with E-state index in [1.54, 1.807) is 20.8 Å². The topological polar surface area (TPSA) is 86.2 Å². The quantitative estimate of drug-likeness (QED) is 0.439. The van der Waals surface area contributed by atoms with E-state index in [-0.39, 0.29) is 37.2 Å². The van der Waals surface area contributed by atoms with Crippen LogP contribution in [-0.4, -0.2) is 37.2 Å². The van der Waals surface area contributed by atoms with E-state index < -0.39 is 0 Å². The van der Waals surface area contributed by atoms with E-state index in [1.165, 1.54) is 0 Å². The predicted octanol–water partition coefficient (Wildman–Crippen LogP) is -2.40. The second-order valence-corrected chi connectivity index (χ2v) is 0.866. The summed E-state index contributed by atoms with van der Waals surface area (Å²) >= 11 is 2.62. The van der Waals surface area contributed by atoms with Gasteiger partial charge in [0.25, 0.3) is 0 Å². The van der Waals surface area contributed by atoms with Crippen molar-refractivity contribution in [1.29, 1.82) is 0 Å². The zero-order chi connectivity index (χ0) is 10.1. The fourth-order valence-electron chi connectivity index (χ4n) is 0. The zero-order valence-electron chi connectivity index (χ0n) is 7.65. The number of rotatable bonds is 0. The summed E-state index contributed by atoms with van der Waals surface area (Å²) in [7, 11) is 0. The van der Waals surface area contributed by atoms with Crippen LogP contribution in [0.5, 0.6) is 0 Å². The van der Waals surface area contributed by atoms with Crippen LogP contribution in [-0.2, 0) is 19.3 Å². The van der Waals surface area contributed by atoms with Gasteiger partial charge >= 0.3 is 36.6 Å². The summed E-state index contributed by atoms with van der Waals surface area (Å²) < 4.78 is 7.88. The van der Waals surface area contributed by atoms with Crippen LogP contribution in [0, 0.1) is 0 Å². The molecule has 0 aliphatic rings. The van der Waals surface area contributed by atoms with Gasteiger partial charge in [0, 0.05) is 0 Å². The molecule has 0 radical (unpaired) electrons. The van der Waals surface area contributed by atoms with Gasteiger partial charge in [-0.1, -0.05) is 20.8 Å². The Bertz CT molecular complexity index is 30.8. The third-order valence-corrected chi connectivity index (χ3v) is 0. The van der Waals surface area contributed by atoms with Crippen molar-refractivity contribution in [3.63, 3.8) is 0 Å². The summed E-state index contributed by atoms with van der Waals surface area (Å²) in [5.41, 5.74) is 0. The van der Waals surface area contributed by atoms with Gasteiger partial charge in [0.15, 0.2) is 0 Å². The van der Waals surface area contributed by atoms with E-state index in [2.05, 4.69) is 15.4 Å². The van der Waals surface area contributed by atoms with Crippen molar-refractivity contribution < 1.29 is 34.6 Å². The van der Waals surface area contributed by atoms with Crippen molar-refractivity contribution in [2.24, 2.45) is 0 Å². The van der Waals surface area contributed by atoms with Crippen LogP contribution in [0.1, 0.15) is 20.8 Å². The van der Waals surface area contributed by atoms with Gasteiger partial charge in [0.1, 0.15) is 0 Å². The molecule has 0 fully saturated rings. The Morgan fingerprint density at radius 2 is 0.833 bits per heavy atom. The third-order valence-electron chi connectivity index (χ3n) is 0. The molecule has 0 bridgehead atoms. The summed E-state index contributed by atoms with van der Waals surface area (Å²) in [5, 5.41) is 26.8. The van der Waals surface area contributed by atoms with Crippen LogP contribution >= 0.6 is 0 Å². The third kappa shape index (κ3) is 2020. The molecule has 0 aromatic carbocycles. The average Bonchev–Trinajstić information content (AvgIpc) is 1.96. The summed E-state index contributed by atoms with van der Waals surface area (Å²) in [6.45, 7) is 4.71. The van der Waals surface area contributed by atoms with Crippen molar-refractivity contribution >= 4 is 17.4 Å². The summed E-state index contributed by atoms with van der Waals surface area (Å²) in [4.78, 5) is 0. The summed E-state index contributed by atoms with van der Waals surface area (Å²) in [5.74, 6) is 0. The van der Waals surface area contributed by atoms with E-state index >= 15 is 0 Å². The Morgan fingerprint density at radius 1 is 0.833 bits per heavy atom. The normalized spacial score (nSPS) is 5.00. The molecule has 0 amide bonds. The Kier molecular flexibility index (Phi) is 239. The standard InChI is InChI=1S/3C2H5O.Al.Ni.O/c3*1-2-3;;;/h3*2H2,1H3;;;/q3*-1;+3;;. The van der Waals surface area contributed by atoms with Crippen molar-refractivity contribution in [1.82, 2.24) is 0 Å². The van der Waals surface area contributed by atoms with Gasteiger partial charge in [-0.25, -0.2) is 0 Å². The molecule has 0 saturated heterocycles. The van der Waals surface area contributed by atoms with Gasteiger partial charge < -0.3 is 15.3 Å². The molecular formula is C6H15AlNiO4. The predicted molar refractivity (Wildman–Crippen MR) is 38.1 cm³/mol. The van der Waals surface area contributed by atoms with Gasteiger partial charge in [-0.3, -0.25) is 0 Å². The second-order valence-electron chi connectivity index (χ2n) is 0.866. The molecule has 12 heavy (non-hydrogen) atoms. The first-order valence-electron chi connectivity index (χ1n) is 3.12. The minimum absolute atomic E-state index is 0. The van der Waals surface area contributed by atoms with E-state index in [4.69, 9.17) is 19.2 Å².